The smallest absolute Gasteiger partial charge is 0.379 e. The number of rotatable bonds is 20. The largest absolute Gasteiger partial charge is 0.425 e. The second kappa shape index (κ2) is 23.9. The van der Waals surface area contributed by atoms with Crippen molar-refractivity contribution in [2.75, 3.05) is 65.2 Å². The number of carbonyl (C=O) groups is 2. The van der Waals surface area contributed by atoms with E-state index in [4.69, 9.17) is 46.1 Å². The summed E-state index contributed by atoms with van der Waals surface area (Å²) in [5.41, 5.74) is 5.48. The molecule has 11 rings (SSSR count). The Morgan fingerprint density at radius 2 is 1.06 bits per heavy atom. The van der Waals surface area contributed by atoms with Crippen LogP contribution in [0.3, 0.4) is 0 Å². The molecule has 1 amide bonds. The van der Waals surface area contributed by atoms with Gasteiger partial charge in [-0.3, -0.25) is 32.5 Å². The number of hydrogen-bond acceptors (Lipinski definition) is 15. The third kappa shape index (κ3) is 11.5. The maximum atomic E-state index is 14.5. The van der Waals surface area contributed by atoms with Gasteiger partial charge in [-0.05, 0) is 119 Å². The van der Waals surface area contributed by atoms with E-state index in [1.54, 1.807) is 20.9 Å². The number of aryl methyl sites for hydroxylation is 1. The lowest BCUT2D eigenvalue weighted by Gasteiger charge is -2.18. The first-order valence-electron chi connectivity index (χ1n) is 24.7. The number of Topliss-reactive ketones (excluding diaryl/α,β-unsaturated/α-hetero) is 1. The molecule has 7 aromatic carbocycles. The molecular formula is C56H57N5O14S2. The van der Waals surface area contributed by atoms with Crippen LogP contribution in [-0.4, -0.2) is 121 Å². The van der Waals surface area contributed by atoms with Crippen molar-refractivity contribution in [3.63, 3.8) is 0 Å². The molecule has 21 heteroatoms. The van der Waals surface area contributed by atoms with Crippen LogP contribution < -0.4 is 16.4 Å². The first-order chi connectivity index (χ1) is 36.6. The van der Waals surface area contributed by atoms with Crippen LogP contribution in [0.15, 0.2) is 94.5 Å². The van der Waals surface area contributed by atoms with E-state index in [-0.39, 0.29) is 49.0 Å². The van der Waals surface area contributed by atoms with Crippen LogP contribution in [0.5, 0.6) is 0 Å². The Morgan fingerprint density at radius 3 is 1.60 bits per heavy atom. The van der Waals surface area contributed by atoms with Crippen LogP contribution in [-0.2, 0) is 44.5 Å². The summed E-state index contributed by atoms with van der Waals surface area (Å²) < 4.78 is 79.1. The fraction of sp³-hybridized carbons (Fsp3) is 0.321. The van der Waals surface area contributed by atoms with Crippen LogP contribution in [0.1, 0.15) is 62.9 Å². The van der Waals surface area contributed by atoms with E-state index >= 15 is 0 Å². The van der Waals surface area contributed by atoms with Gasteiger partial charge in [0.2, 0.25) is 5.91 Å². The van der Waals surface area contributed by atoms with E-state index in [0.29, 0.717) is 97.7 Å². The van der Waals surface area contributed by atoms with Crippen LogP contribution in [0.25, 0.3) is 98.0 Å². The Kier molecular flexibility index (Phi) is 17.3. The van der Waals surface area contributed by atoms with E-state index in [9.17, 15) is 27.6 Å². The number of imidazole rings is 2. The Balaban J connectivity index is 0.000000304. The van der Waals surface area contributed by atoms with Crippen LogP contribution in [0.4, 0.5) is 0 Å². The highest BCUT2D eigenvalue weighted by atomic mass is 32.2. The van der Waals surface area contributed by atoms with Gasteiger partial charge in [0, 0.05) is 77.6 Å². The second-order valence-corrected chi connectivity index (χ2v) is 20.3. The first-order valence-corrected chi connectivity index (χ1v) is 27.3. The second-order valence-electron chi connectivity index (χ2n) is 18.3. The molecule has 0 saturated carbocycles. The number of amides is 1. The molecule has 2 N–H and O–H groups in total. The first kappa shape index (κ1) is 55.9. The number of ketones is 1. The fourth-order valence-electron chi connectivity index (χ4n) is 9.98. The Hall–Kier alpha value is -7.37. The van der Waals surface area contributed by atoms with Crippen LogP contribution in [0.2, 0.25) is 0 Å². The number of fused-ring (bicyclic) bond motifs is 10. The van der Waals surface area contributed by atoms with Crippen molar-refractivity contribution < 1.29 is 54.1 Å². The van der Waals surface area contributed by atoms with Gasteiger partial charge in [0.05, 0.1) is 60.9 Å². The molecule has 0 aliphatic heterocycles. The van der Waals surface area contributed by atoms with Gasteiger partial charge in [-0.25, -0.2) is 9.97 Å². The van der Waals surface area contributed by atoms with Gasteiger partial charge in [-0.15, -0.1) is 12.6 Å². The molecular weight excluding hydrogens is 1030 g/mol. The molecule has 0 atom stereocenters. The minimum absolute atomic E-state index is 0. The molecule has 4 heterocycles. The van der Waals surface area contributed by atoms with E-state index in [1.165, 1.54) is 6.92 Å². The number of ether oxygens (including phenoxy) is 4. The standard InChI is InChI=1S/C46H34N4O5.C9H19NO6S.CH4.O3S/c1-3-18-54-20-21-55-19-4-5-38(51)25-7-16-34-37(23-25)50-43(47-34)30-12-8-26-27-9-13-31-42-32(45(52)49-36-17-6-24(2)22-35(36)48-44(31)49)14-10-28(40(27)42)29-11-15-33(46(50)53)41(30)39(26)29;1-9(11)10-3-5-16-7-6-15-4-2-8-17(12,13)14;;1-4(2)3/h6-17,22-23H,3-5,18-21H2,1-2H3;2-8H2,1H3,(H,10,11)(H,12,13,14);1H4;. The number of hydrogen-bond donors (Lipinski definition) is 2. The minimum Gasteiger partial charge on any atom is -0.379 e. The number of benzene rings is 7. The summed E-state index contributed by atoms with van der Waals surface area (Å²) in [4.78, 5) is 62.4. The Morgan fingerprint density at radius 1 is 0.597 bits per heavy atom. The number of pyridine rings is 2. The quantitative estimate of drug-likeness (QED) is 0.0241. The summed E-state index contributed by atoms with van der Waals surface area (Å²) in [6.45, 7) is 9.65. The van der Waals surface area contributed by atoms with Gasteiger partial charge < -0.3 is 24.3 Å². The molecule has 0 saturated heterocycles. The fourth-order valence-corrected chi connectivity index (χ4v) is 10.5. The van der Waals surface area contributed by atoms with E-state index < -0.39 is 20.7 Å². The summed E-state index contributed by atoms with van der Waals surface area (Å²) >= 11 is 0. The molecule has 0 unspecified atom stereocenters. The summed E-state index contributed by atoms with van der Waals surface area (Å²) in [5.74, 6) is -0.399. The average molecular weight is 1090 g/mol. The van der Waals surface area contributed by atoms with Crippen LogP contribution >= 0.6 is 0 Å². The molecule has 0 fully saturated rings. The zero-order valence-corrected chi connectivity index (χ0v) is 43.5. The third-order valence-corrected chi connectivity index (χ3v) is 13.9. The lowest BCUT2D eigenvalue weighted by Crippen LogP contribution is -2.25. The highest BCUT2D eigenvalue weighted by Gasteiger charge is 2.24. The lowest BCUT2D eigenvalue weighted by atomic mass is 9.86. The zero-order chi connectivity index (χ0) is 53.8. The Labute approximate surface area is 442 Å². The molecule has 0 aliphatic rings. The summed E-state index contributed by atoms with van der Waals surface area (Å²) in [5, 5.41) is 13.5. The summed E-state index contributed by atoms with van der Waals surface area (Å²) in [6.07, 6.45) is 2.17. The maximum absolute atomic E-state index is 14.5. The van der Waals surface area contributed by atoms with Gasteiger partial charge in [0.15, 0.2) is 5.78 Å². The third-order valence-electron chi connectivity index (χ3n) is 13.1. The molecule has 0 aliphatic carbocycles. The van der Waals surface area contributed by atoms with Gasteiger partial charge in [0.1, 0.15) is 11.3 Å². The van der Waals surface area contributed by atoms with Gasteiger partial charge >= 0.3 is 10.6 Å². The van der Waals surface area contributed by atoms with E-state index in [1.807, 2.05) is 49.4 Å². The molecule has 19 nitrogen and oxygen atoms in total. The van der Waals surface area contributed by atoms with Crippen molar-refractivity contribution in [1.82, 2.24) is 24.1 Å². The number of nitrogens with one attached hydrogen (secondary N) is 1. The molecule has 11 aromatic rings. The SMILES string of the molecule is C.CC(=O)NCCOCCOCCCS(=O)(=O)O.CCCOCCOCCCC(=O)c1ccc2nc3c4ccc5c6ccc7c8c(ccc(c9ccc(c(=O)n3c2c1)c4c95)c68)c(=O)n1c2ccc(C)cc2nc71.O=S(=O)=O. The van der Waals surface area contributed by atoms with Gasteiger partial charge in [-0.2, -0.15) is 8.42 Å². The Bertz CT molecular complexity index is 4330. The van der Waals surface area contributed by atoms with Gasteiger partial charge in [-0.1, -0.05) is 44.7 Å². The highest BCUT2D eigenvalue weighted by Crippen LogP contribution is 2.46. The average Bonchev–Trinajstić information content (AvgIpc) is 4.05. The normalized spacial score (nSPS) is 11.9. The van der Waals surface area contributed by atoms with Crippen molar-refractivity contribution >= 4 is 130 Å². The number of nitrogens with zero attached hydrogens (tertiary/aromatic N) is 4. The molecule has 0 radical (unpaired) electrons. The summed E-state index contributed by atoms with van der Waals surface area (Å²) in [6, 6.07) is 27.8. The zero-order valence-electron chi connectivity index (χ0n) is 41.8. The van der Waals surface area contributed by atoms with Crippen molar-refractivity contribution in [2.24, 2.45) is 0 Å². The monoisotopic (exact) mass is 1090 g/mol. The molecule has 0 spiro atoms. The number of aromatic nitrogens is 4. The van der Waals surface area contributed by atoms with Gasteiger partial charge in [0.25, 0.3) is 21.2 Å². The molecule has 4 aromatic heterocycles. The summed E-state index contributed by atoms with van der Waals surface area (Å²) in [7, 11) is -7.00. The molecule has 402 valence electrons. The van der Waals surface area contributed by atoms with Crippen molar-refractivity contribution in [3.05, 3.63) is 117 Å². The minimum atomic E-state index is -3.89. The predicted octanol–water partition coefficient (Wildman–Crippen LogP) is 8.02. The van der Waals surface area contributed by atoms with Crippen molar-refractivity contribution in [1.29, 1.82) is 0 Å². The lowest BCUT2D eigenvalue weighted by molar-refractivity contribution is -0.119. The number of carbonyl (C=O) groups excluding carboxylic acids is 2. The van der Waals surface area contributed by atoms with E-state index in [0.717, 1.165) is 83.5 Å². The van der Waals surface area contributed by atoms with Crippen LogP contribution in [0, 0.1) is 6.92 Å². The highest BCUT2D eigenvalue weighted by molar-refractivity contribution is 7.85. The predicted molar refractivity (Wildman–Crippen MR) is 298 cm³/mol. The molecule has 0 bridgehead atoms. The molecule has 77 heavy (non-hydrogen) atoms. The van der Waals surface area contributed by atoms with Crippen molar-refractivity contribution in [3.8, 4) is 0 Å². The maximum Gasteiger partial charge on any atom is 0.425 e. The van der Waals surface area contributed by atoms with Crippen molar-refractivity contribution in [2.45, 2.75) is 53.9 Å². The topological polar surface area (TPSA) is 257 Å². The van der Waals surface area contributed by atoms with E-state index in [2.05, 4.69) is 42.6 Å².